The first-order valence-corrected chi connectivity index (χ1v) is 6.87. The van der Waals surface area contributed by atoms with Gasteiger partial charge in [-0.15, -0.1) is 0 Å². The van der Waals surface area contributed by atoms with Crippen molar-refractivity contribution in [3.8, 4) is 0 Å². The van der Waals surface area contributed by atoms with E-state index in [0.29, 0.717) is 21.6 Å². The number of amidine groups is 1. The molecule has 2 aromatic rings. The Labute approximate surface area is 133 Å². The van der Waals surface area contributed by atoms with Gasteiger partial charge < -0.3 is 5.73 Å². The molecule has 0 aliphatic carbocycles. The van der Waals surface area contributed by atoms with E-state index in [1.165, 1.54) is 0 Å². The van der Waals surface area contributed by atoms with Gasteiger partial charge in [-0.25, -0.2) is 5.01 Å². The van der Waals surface area contributed by atoms with E-state index in [1.54, 1.807) is 36.3 Å². The fourth-order valence-corrected chi connectivity index (χ4v) is 2.17. The molecule has 0 unspecified atom stereocenters. The van der Waals surface area contributed by atoms with E-state index in [4.69, 9.17) is 28.9 Å². The van der Waals surface area contributed by atoms with Crippen LogP contribution in [0.5, 0.6) is 0 Å². The van der Waals surface area contributed by atoms with Gasteiger partial charge in [0.25, 0.3) is 0 Å². The van der Waals surface area contributed by atoms with Crippen LogP contribution in [0.15, 0.2) is 52.6 Å². The lowest BCUT2D eigenvalue weighted by Gasteiger charge is -2.21. The molecule has 0 radical (unpaired) electrons. The molecule has 0 amide bonds. The average Bonchev–Trinajstić information content (AvgIpc) is 2.49. The first-order chi connectivity index (χ1) is 10.1. The minimum Gasteiger partial charge on any atom is -0.399 e. The molecule has 0 aromatic heterocycles. The molecule has 2 N–H and O–H groups in total. The Kier molecular flexibility index (Phi) is 4.83. The molecule has 0 bridgehead atoms. The fraction of sp³-hybridized carbons (Fsp3) is 0.0667. The number of hydrogen-bond acceptors (Lipinski definition) is 3. The van der Waals surface area contributed by atoms with Crippen LogP contribution in [0.4, 0.5) is 11.4 Å². The number of nitrogens with zero attached hydrogens (tertiary/aromatic N) is 3. The van der Waals surface area contributed by atoms with Gasteiger partial charge in [-0.3, -0.25) is 4.99 Å². The van der Waals surface area contributed by atoms with Gasteiger partial charge in [0.05, 0.1) is 15.7 Å². The van der Waals surface area contributed by atoms with E-state index >= 15 is 0 Å². The first kappa shape index (κ1) is 15.4. The molecule has 2 aromatic carbocycles. The van der Waals surface area contributed by atoms with Crippen molar-refractivity contribution in [2.75, 3.05) is 17.8 Å². The number of nitrogen functional groups attached to an aromatic ring is 1. The largest absolute Gasteiger partial charge is 0.399 e. The SMILES string of the molecule is C=NN(C(=NC)c1ccc(Cl)c(Cl)c1)c1ccc(N)cc1. The molecule has 0 heterocycles. The third-order valence-electron chi connectivity index (χ3n) is 2.87. The molecule has 0 saturated heterocycles. The van der Waals surface area contributed by atoms with Crippen molar-refractivity contribution in [2.45, 2.75) is 0 Å². The summed E-state index contributed by atoms with van der Waals surface area (Å²) in [5, 5.41) is 6.58. The van der Waals surface area contributed by atoms with Gasteiger partial charge >= 0.3 is 0 Å². The lowest BCUT2D eigenvalue weighted by atomic mass is 10.2. The maximum Gasteiger partial charge on any atom is 0.156 e. The van der Waals surface area contributed by atoms with Gasteiger partial charge in [0.2, 0.25) is 0 Å². The molecule has 4 nitrogen and oxygen atoms in total. The second-order valence-electron chi connectivity index (χ2n) is 4.22. The molecule has 108 valence electrons. The second-order valence-corrected chi connectivity index (χ2v) is 5.04. The normalized spacial score (nSPS) is 11.3. The Morgan fingerprint density at radius 2 is 1.76 bits per heavy atom. The number of rotatable bonds is 3. The summed E-state index contributed by atoms with van der Waals surface area (Å²) < 4.78 is 0. The molecule has 0 aliphatic heterocycles. The zero-order valence-corrected chi connectivity index (χ0v) is 12.9. The highest BCUT2D eigenvalue weighted by atomic mass is 35.5. The summed E-state index contributed by atoms with van der Waals surface area (Å²) in [4.78, 5) is 4.27. The Bertz CT molecular complexity index is 681. The van der Waals surface area contributed by atoms with Gasteiger partial charge in [-0.2, -0.15) is 5.10 Å². The molecule has 0 fully saturated rings. The van der Waals surface area contributed by atoms with E-state index in [2.05, 4.69) is 16.8 Å². The minimum atomic E-state index is 0.455. The first-order valence-electron chi connectivity index (χ1n) is 6.11. The molecule has 0 aliphatic rings. The van der Waals surface area contributed by atoms with Gasteiger partial charge in [0, 0.05) is 25.0 Å². The summed E-state index contributed by atoms with van der Waals surface area (Å²) in [6.45, 7) is 3.60. The van der Waals surface area contributed by atoms with Crippen LogP contribution >= 0.6 is 23.2 Å². The van der Waals surface area contributed by atoms with E-state index in [-0.39, 0.29) is 0 Å². The highest BCUT2D eigenvalue weighted by Crippen LogP contribution is 2.25. The summed E-state index contributed by atoms with van der Waals surface area (Å²) in [6, 6.07) is 12.5. The number of hydrogen-bond donors (Lipinski definition) is 1. The molecule has 0 spiro atoms. The van der Waals surface area contributed by atoms with Gasteiger partial charge in [0.1, 0.15) is 0 Å². The molecule has 0 atom stereocenters. The standard InChI is InChI=1S/C15H14Cl2N4/c1-19-15(10-3-8-13(16)14(17)9-10)21(20-2)12-6-4-11(18)5-7-12/h3-9H,2,18H2,1H3. The summed E-state index contributed by atoms with van der Waals surface area (Å²) in [5.74, 6) is 0.605. The average molecular weight is 321 g/mol. The van der Waals surface area contributed by atoms with Gasteiger partial charge in [-0.05, 0) is 42.5 Å². The van der Waals surface area contributed by atoms with Crippen LogP contribution in [0.25, 0.3) is 0 Å². The van der Waals surface area contributed by atoms with Crippen molar-refractivity contribution in [1.29, 1.82) is 0 Å². The third kappa shape index (κ3) is 3.35. The van der Waals surface area contributed by atoms with Crippen molar-refractivity contribution in [2.24, 2.45) is 10.1 Å². The summed E-state index contributed by atoms with van der Waals surface area (Å²) >= 11 is 12.0. The van der Waals surface area contributed by atoms with Crippen LogP contribution in [0.2, 0.25) is 10.0 Å². The van der Waals surface area contributed by atoms with Crippen LogP contribution in [0.1, 0.15) is 5.56 Å². The highest BCUT2D eigenvalue weighted by molar-refractivity contribution is 6.42. The van der Waals surface area contributed by atoms with E-state index in [1.807, 2.05) is 18.2 Å². The van der Waals surface area contributed by atoms with Crippen molar-refractivity contribution < 1.29 is 0 Å². The Morgan fingerprint density at radius 1 is 1.10 bits per heavy atom. The summed E-state index contributed by atoms with van der Waals surface area (Å²) in [5.41, 5.74) is 7.96. The quantitative estimate of drug-likeness (QED) is 0.401. The summed E-state index contributed by atoms with van der Waals surface area (Å²) in [6.07, 6.45) is 0. The topological polar surface area (TPSA) is 54.0 Å². The third-order valence-corrected chi connectivity index (χ3v) is 3.61. The molecule has 0 saturated carbocycles. The number of anilines is 2. The van der Waals surface area contributed by atoms with Crippen molar-refractivity contribution in [1.82, 2.24) is 0 Å². The van der Waals surface area contributed by atoms with Crippen molar-refractivity contribution >= 4 is 47.1 Å². The Balaban J connectivity index is 2.45. The maximum absolute atomic E-state index is 6.06. The van der Waals surface area contributed by atoms with E-state index in [9.17, 15) is 0 Å². The Hall–Kier alpha value is -2.04. The lowest BCUT2D eigenvalue weighted by molar-refractivity contribution is 1.13. The van der Waals surface area contributed by atoms with Crippen molar-refractivity contribution in [3.63, 3.8) is 0 Å². The number of hydrazone groups is 1. The van der Waals surface area contributed by atoms with E-state index < -0.39 is 0 Å². The summed E-state index contributed by atoms with van der Waals surface area (Å²) in [7, 11) is 1.67. The molecule has 6 heteroatoms. The predicted octanol–water partition coefficient (Wildman–Crippen LogP) is 4.07. The fourth-order valence-electron chi connectivity index (χ4n) is 1.87. The zero-order chi connectivity index (χ0) is 15.4. The highest BCUT2D eigenvalue weighted by Gasteiger charge is 2.15. The number of nitrogens with two attached hydrogens (primary N) is 1. The molecular formula is C15H14Cl2N4. The molecular weight excluding hydrogens is 307 g/mol. The van der Waals surface area contributed by atoms with Crippen molar-refractivity contribution in [3.05, 3.63) is 58.1 Å². The molecule has 2 rings (SSSR count). The van der Waals surface area contributed by atoms with Crippen LogP contribution in [-0.4, -0.2) is 19.6 Å². The Morgan fingerprint density at radius 3 is 2.29 bits per heavy atom. The lowest BCUT2D eigenvalue weighted by Crippen LogP contribution is -2.26. The molecule has 21 heavy (non-hydrogen) atoms. The number of aliphatic imine (C=N–C) groups is 1. The van der Waals surface area contributed by atoms with E-state index in [0.717, 1.165) is 11.3 Å². The monoisotopic (exact) mass is 320 g/mol. The smallest absolute Gasteiger partial charge is 0.156 e. The van der Waals surface area contributed by atoms with Crippen LogP contribution in [-0.2, 0) is 0 Å². The van der Waals surface area contributed by atoms with Gasteiger partial charge in [-0.1, -0.05) is 23.2 Å². The minimum absolute atomic E-state index is 0.455. The van der Waals surface area contributed by atoms with Crippen LogP contribution in [0.3, 0.4) is 0 Å². The maximum atomic E-state index is 6.06. The van der Waals surface area contributed by atoms with Crippen LogP contribution in [0, 0.1) is 0 Å². The number of halogens is 2. The van der Waals surface area contributed by atoms with Gasteiger partial charge in [0.15, 0.2) is 5.84 Å². The van der Waals surface area contributed by atoms with Crippen LogP contribution < -0.4 is 10.7 Å². The number of benzene rings is 2. The second kappa shape index (κ2) is 6.61. The zero-order valence-electron chi connectivity index (χ0n) is 11.4. The predicted molar refractivity (Wildman–Crippen MR) is 91.8 cm³/mol.